The highest BCUT2D eigenvalue weighted by molar-refractivity contribution is 6.38. The maximum Gasteiger partial charge on any atom is 0.289 e. The smallest absolute Gasteiger partial charge is 0.289 e. The molecule has 0 spiro atoms. The van der Waals surface area contributed by atoms with Crippen molar-refractivity contribution in [1.29, 1.82) is 0 Å². The van der Waals surface area contributed by atoms with Gasteiger partial charge in [-0.2, -0.15) is 0 Å². The molecule has 3 heterocycles. The number of nitrogens with zero attached hydrogens (tertiary/aromatic N) is 1. The molecule has 4 aliphatic rings. The van der Waals surface area contributed by atoms with Gasteiger partial charge in [0.1, 0.15) is 23.8 Å². The van der Waals surface area contributed by atoms with E-state index in [1.165, 1.54) is 6.92 Å². The number of H-pyrrole nitrogens is 1. The first-order valence-corrected chi connectivity index (χ1v) is 18.3. The summed E-state index contributed by atoms with van der Waals surface area (Å²) in [7, 11) is 0. The SMILES string of the molecule is CCC[C@H](NC(=O)[C@@H]1C[C@@H]2CCCC3[C@@H]2N1C(=O)[C@@H](NC(=O)[C@@H](NC(=O)c1[nH]c(C)c(C)c1C(C)=O)C(C)C)C3(C)C)C(=O)C(=O)NC1CC1. The standard InChI is InChI=1S/C37H54N6O7/c1-9-11-24(30(45)35(49)39-22-14-15-22)40-32(46)25-16-21-12-10-13-23-29(21)43(25)36(50)31(37(23,7)8)42-33(47)27(17(2)3)41-34(48)28-26(20(6)44)18(4)19(5)38-28/h17,21-25,27,29,31,38H,9-16H2,1-8H3,(H,39,49)(H,40,46)(H,41,48)(H,42,47)/t21-,23?,24-,25-,27-,29+,31+/m0/s1. The van der Waals surface area contributed by atoms with Crippen LogP contribution in [0.2, 0.25) is 0 Å². The Morgan fingerprint density at radius 2 is 1.66 bits per heavy atom. The lowest BCUT2D eigenvalue weighted by Gasteiger charge is -2.55. The van der Waals surface area contributed by atoms with Crippen molar-refractivity contribution in [3.05, 3.63) is 22.5 Å². The van der Waals surface area contributed by atoms with Crippen molar-refractivity contribution in [3.63, 3.8) is 0 Å². The van der Waals surface area contributed by atoms with E-state index in [2.05, 4.69) is 26.3 Å². The number of piperidine rings is 1. The molecule has 1 unspecified atom stereocenters. The maximum atomic E-state index is 14.6. The molecule has 5 amide bonds. The average molecular weight is 695 g/mol. The predicted molar refractivity (Wildman–Crippen MR) is 185 cm³/mol. The number of ketones is 2. The summed E-state index contributed by atoms with van der Waals surface area (Å²) in [5, 5.41) is 11.3. The van der Waals surface area contributed by atoms with Crippen molar-refractivity contribution in [3.8, 4) is 0 Å². The minimum atomic E-state index is -1.02. The van der Waals surface area contributed by atoms with E-state index in [4.69, 9.17) is 0 Å². The van der Waals surface area contributed by atoms with Crippen molar-refractivity contribution < 1.29 is 33.6 Å². The van der Waals surface area contributed by atoms with E-state index < -0.39 is 59.0 Å². The fourth-order valence-corrected chi connectivity index (χ4v) is 8.61. The molecule has 5 rings (SSSR count). The number of aromatic nitrogens is 1. The molecule has 2 saturated carbocycles. The second kappa shape index (κ2) is 14.3. The summed E-state index contributed by atoms with van der Waals surface area (Å²) < 4.78 is 0. The van der Waals surface area contributed by atoms with Crippen LogP contribution in [0.3, 0.4) is 0 Å². The molecule has 2 saturated heterocycles. The monoisotopic (exact) mass is 694 g/mol. The Balaban J connectivity index is 1.37. The zero-order chi connectivity index (χ0) is 36.8. The first-order chi connectivity index (χ1) is 23.5. The third kappa shape index (κ3) is 6.96. The van der Waals surface area contributed by atoms with Gasteiger partial charge in [0, 0.05) is 17.8 Å². The molecule has 1 aromatic rings. The van der Waals surface area contributed by atoms with Gasteiger partial charge in [-0.25, -0.2) is 0 Å². The number of aromatic amines is 1. The van der Waals surface area contributed by atoms with Crippen molar-refractivity contribution in [2.45, 2.75) is 143 Å². The highest BCUT2D eigenvalue weighted by Gasteiger charge is 2.62. The summed E-state index contributed by atoms with van der Waals surface area (Å²) in [6.45, 7) is 14.3. The van der Waals surface area contributed by atoms with Crippen LogP contribution in [0.15, 0.2) is 0 Å². The van der Waals surface area contributed by atoms with Crippen LogP contribution in [0.1, 0.15) is 125 Å². The molecule has 1 aromatic heterocycles. The molecule has 274 valence electrons. The third-order valence-electron chi connectivity index (χ3n) is 11.6. The summed E-state index contributed by atoms with van der Waals surface area (Å²) in [6.07, 6.45) is 5.57. The highest BCUT2D eigenvalue weighted by atomic mass is 16.2. The van der Waals surface area contributed by atoms with E-state index in [1.807, 2.05) is 20.8 Å². The molecular weight excluding hydrogens is 640 g/mol. The van der Waals surface area contributed by atoms with Gasteiger partial charge in [-0.1, -0.05) is 47.5 Å². The largest absolute Gasteiger partial charge is 0.354 e. The van der Waals surface area contributed by atoms with Crippen LogP contribution in [0.5, 0.6) is 0 Å². The van der Waals surface area contributed by atoms with Crippen LogP contribution in [0.25, 0.3) is 0 Å². The first kappa shape index (κ1) is 37.2. The summed E-state index contributed by atoms with van der Waals surface area (Å²) in [5.41, 5.74) is 1.04. The zero-order valence-corrected chi connectivity index (χ0v) is 30.7. The number of rotatable bonds is 13. The number of hydrogen-bond donors (Lipinski definition) is 5. The minimum absolute atomic E-state index is 0.00396. The van der Waals surface area contributed by atoms with Gasteiger partial charge in [0.05, 0.1) is 11.6 Å². The quantitative estimate of drug-likeness (QED) is 0.155. The minimum Gasteiger partial charge on any atom is -0.354 e. The molecule has 50 heavy (non-hydrogen) atoms. The van der Waals surface area contributed by atoms with Crippen LogP contribution < -0.4 is 21.3 Å². The average Bonchev–Trinajstić information content (AvgIpc) is 3.69. The molecule has 0 aromatic carbocycles. The van der Waals surface area contributed by atoms with E-state index in [0.717, 1.165) is 32.1 Å². The van der Waals surface area contributed by atoms with E-state index in [0.29, 0.717) is 30.5 Å². The van der Waals surface area contributed by atoms with Crippen LogP contribution in [-0.4, -0.2) is 87.2 Å². The molecule has 13 nitrogen and oxygen atoms in total. The molecule has 4 fully saturated rings. The number of Topliss-reactive ketones (excluding diaryl/α,β-unsaturated/α-hetero) is 2. The van der Waals surface area contributed by atoms with Gasteiger partial charge in [-0.3, -0.25) is 33.6 Å². The zero-order valence-electron chi connectivity index (χ0n) is 30.7. The maximum absolute atomic E-state index is 14.6. The summed E-state index contributed by atoms with van der Waals surface area (Å²) in [6, 6.07) is -4.05. The van der Waals surface area contributed by atoms with Crippen molar-refractivity contribution >= 4 is 41.1 Å². The van der Waals surface area contributed by atoms with Gasteiger partial charge in [0.2, 0.25) is 23.5 Å². The molecular formula is C37H54N6O7. The third-order valence-corrected chi connectivity index (χ3v) is 11.6. The Bertz CT molecular complexity index is 1580. The van der Waals surface area contributed by atoms with Crippen molar-refractivity contribution in [2.75, 3.05) is 0 Å². The predicted octanol–water partition coefficient (Wildman–Crippen LogP) is 2.63. The number of hydrogen-bond acceptors (Lipinski definition) is 7. The lowest BCUT2D eigenvalue weighted by Crippen LogP contribution is -2.70. The van der Waals surface area contributed by atoms with Gasteiger partial charge < -0.3 is 31.2 Å². The number of aryl methyl sites for hydroxylation is 1. The Labute approximate surface area is 294 Å². The molecule has 5 N–H and O–H groups in total. The van der Waals surface area contributed by atoms with Gasteiger partial charge in [-0.05, 0) is 88.0 Å². The summed E-state index contributed by atoms with van der Waals surface area (Å²) >= 11 is 0. The molecule has 2 aliphatic carbocycles. The van der Waals surface area contributed by atoms with E-state index in [9.17, 15) is 33.6 Å². The van der Waals surface area contributed by atoms with Gasteiger partial charge in [0.15, 0.2) is 5.78 Å². The van der Waals surface area contributed by atoms with Crippen LogP contribution in [0, 0.1) is 37.0 Å². The van der Waals surface area contributed by atoms with E-state index in [-0.39, 0.29) is 52.8 Å². The van der Waals surface area contributed by atoms with Gasteiger partial charge >= 0.3 is 0 Å². The molecule has 2 aliphatic heterocycles. The fraction of sp³-hybridized carbons (Fsp3) is 0.703. The number of carbonyl (C=O) groups is 7. The van der Waals surface area contributed by atoms with Gasteiger partial charge in [0.25, 0.3) is 11.8 Å². The van der Waals surface area contributed by atoms with Crippen molar-refractivity contribution in [2.24, 2.45) is 23.2 Å². The lowest BCUT2D eigenvalue weighted by atomic mass is 9.60. The number of amides is 5. The van der Waals surface area contributed by atoms with Crippen LogP contribution in [-0.2, 0) is 24.0 Å². The molecule has 13 heteroatoms. The number of carbonyl (C=O) groups excluding carboxylic acids is 7. The Hall–Kier alpha value is -4.03. The summed E-state index contributed by atoms with van der Waals surface area (Å²) in [5.74, 6) is -3.89. The fourth-order valence-electron chi connectivity index (χ4n) is 8.61. The Morgan fingerprint density at radius 1 is 0.980 bits per heavy atom. The van der Waals surface area contributed by atoms with Crippen LogP contribution in [0.4, 0.5) is 0 Å². The Kier molecular flexibility index (Phi) is 10.6. The second-order valence-electron chi connectivity index (χ2n) is 15.9. The molecule has 0 radical (unpaired) electrons. The lowest BCUT2D eigenvalue weighted by molar-refractivity contribution is -0.160. The van der Waals surface area contributed by atoms with E-state index >= 15 is 0 Å². The molecule has 7 atom stereocenters. The second-order valence-corrected chi connectivity index (χ2v) is 15.9. The van der Waals surface area contributed by atoms with Crippen LogP contribution >= 0.6 is 0 Å². The van der Waals surface area contributed by atoms with Gasteiger partial charge in [-0.15, -0.1) is 0 Å². The molecule has 0 bridgehead atoms. The normalized spacial score (nSPS) is 26.5. The number of nitrogens with one attached hydrogen (secondary N) is 5. The van der Waals surface area contributed by atoms with E-state index in [1.54, 1.807) is 32.6 Å². The topological polar surface area (TPSA) is 187 Å². The first-order valence-electron chi connectivity index (χ1n) is 18.3. The Morgan fingerprint density at radius 3 is 2.26 bits per heavy atom. The highest BCUT2D eigenvalue weighted by Crippen LogP contribution is 2.53. The summed E-state index contributed by atoms with van der Waals surface area (Å²) in [4.78, 5) is 98.8. The van der Waals surface area contributed by atoms with Crippen molar-refractivity contribution in [1.82, 2.24) is 31.2 Å².